The molecule has 7 nitrogen and oxygen atoms in total. The van der Waals surface area contributed by atoms with E-state index >= 15 is 0 Å². The lowest BCUT2D eigenvalue weighted by atomic mass is 10.1. The largest absolute Gasteiger partial charge is 0.352 e. The second-order valence-corrected chi connectivity index (χ2v) is 12.5. The van der Waals surface area contributed by atoms with Gasteiger partial charge in [-0.3, -0.25) is 13.9 Å². The van der Waals surface area contributed by atoms with Gasteiger partial charge in [0.15, 0.2) is 0 Å². The van der Waals surface area contributed by atoms with Crippen LogP contribution in [0, 0.1) is 6.92 Å². The smallest absolute Gasteiger partial charge is 0.264 e. The quantitative estimate of drug-likeness (QED) is 0.280. The van der Waals surface area contributed by atoms with E-state index in [-0.39, 0.29) is 39.1 Å². The van der Waals surface area contributed by atoms with E-state index in [1.165, 1.54) is 35.2 Å². The van der Waals surface area contributed by atoms with Crippen molar-refractivity contribution in [2.45, 2.75) is 57.5 Å². The Balaban J connectivity index is 2.01. The van der Waals surface area contributed by atoms with Crippen molar-refractivity contribution >= 4 is 50.7 Å². The first-order valence-corrected chi connectivity index (χ1v) is 15.3. The third-order valence-corrected chi connectivity index (χ3v) is 8.90. The summed E-state index contributed by atoms with van der Waals surface area (Å²) < 4.78 is 28.8. The molecule has 0 aliphatic heterocycles. The summed E-state index contributed by atoms with van der Waals surface area (Å²) in [7, 11) is -4.20. The molecule has 0 saturated heterocycles. The summed E-state index contributed by atoms with van der Waals surface area (Å²) in [6.07, 6.45) is 1.22. The summed E-state index contributed by atoms with van der Waals surface area (Å²) in [5, 5.41) is 3.37. The summed E-state index contributed by atoms with van der Waals surface area (Å²) in [4.78, 5) is 28.5. The maximum Gasteiger partial charge on any atom is 0.264 e. The zero-order valence-corrected chi connectivity index (χ0v) is 25.4. The van der Waals surface area contributed by atoms with E-state index in [9.17, 15) is 18.0 Å². The molecule has 1 N–H and O–H groups in total. The third kappa shape index (κ3) is 8.22. The highest BCUT2D eigenvalue weighted by Crippen LogP contribution is 2.30. The van der Waals surface area contributed by atoms with Crippen LogP contribution in [0.4, 0.5) is 5.69 Å². The molecule has 10 heteroatoms. The molecular formula is C30H35Cl2N3O4S. The predicted molar refractivity (Wildman–Crippen MR) is 161 cm³/mol. The van der Waals surface area contributed by atoms with Crippen LogP contribution in [-0.4, -0.2) is 50.3 Å². The van der Waals surface area contributed by atoms with Gasteiger partial charge in [-0.1, -0.05) is 78.2 Å². The highest BCUT2D eigenvalue weighted by molar-refractivity contribution is 7.92. The van der Waals surface area contributed by atoms with Crippen LogP contribution in [0.2, 0.25) is 10.0 Å². The third-order valence-electron chi connectivity index (χ3n) is 6.68. The van der Waals surface area contributed by atoms with Crippen LogP contribution < -0.4 is 9.62 Å². The number of hydrogen-bond acceptors (Lipinski definition) is 4. The molecule has 3 rings (SSSR count). The maximum atomic E-state index is 13.9. The van der Waals surface area contributed by atoms with Crippen molar-refractivity contribution in [3.05, 3.63) is 94.0 Å². The van der Waals surface area contributed by atoms with E-state index in [0.29, 0.717) is 6.42 Å². The van der Waals surface area contributed by atoms with Crippen molar-refractivity contribution in [3.63, 3.8) is 0 Å². The first-order valence-electron chi connectivity index (χ1n) is 13.1. The van der Waals surface area contributed by atoms with E-state index in [4.69, 9.17) is 23.2 Å². The zero-order chi connectivity index (χ0) is 29.4. The molecule has 0 unspecified atom stereocenters. The molecule has 0 spiro atoms. The summed E-state index contributed by atoms with van der Waals surface area (Å²) in [6.45, 7) is 7.01. The number of nitrogens with one attached hydrogen (secondary N) is 1. The molecule has 40 heavy (non-hydrogen) atoms. The number of rotatable bonds is 12. The Kier molecular flexibility index (Phi) is 11.0. The van der Waals surface area contributed by atoms with Crippen molar-refractivity contribution in [1.29, 1.82) is 0 Å². The van der Waals surface area contributed by atoms with Crippen LogP contribution in [0.15, 0.2) is 77.7 Å². The normalized spacial score (nSPS) is 12.8. The molecule has 3 aromatic carbocycles. The fourth-order valence-electron chi connectivity index (χ4n) is 4.09. The van der Waals surface area contributed by atoms with E-state index in [1.54, 1.807) is 19.1 Å². The van der Waals surface area contributed by atoms with Gasteiger partial charge in [-0.2, -0.15) is 0 Å². The van der Waals surface area contributed by atoms with Crippen LogP contribution >= 0.6 is 23.2 Å². The van der Waals surface area contributed by atoms with Gasteiger partial charge in [0.05, 0.1) is 10.6 Å². The fourth-order valence-corrected chi connectivity index (χ4v) is 6.00. The molecule has 0 radical (unpaired) electrons. The van der Waals surface area contributed by atoms with Crippen molar-refractivity contribution < 1.29 is 18.0 Å². The van der Waals surface area contributed by atoms with Gasteiger partial charge in [0.2, 0.25) is 11.8 Å². The summed E-state index contributed by atoms with van der Waals surface area (Å²) in [5.41, 5.74) is 2.02. The number of hydrogen-bond donors (Lipinski definition) is 1. The summed E-state index contributed by atoms with van der Waals surface area (Å²) >= 11 is 12.5. The Morgan fingerprint density at radius 2 is 1.52 bits per heavy atom. The summed E-state index contributed by atoms with van der Waals surface area (Å²) in [6, 6.07) is 19.4. The molecule has 0 bridgehead atoms. The number of halogens is 2. The minimum Gasteiger partial charge on any atom is -0.352 e. The number of nitrogens with zero attached hydrogens (tertiary/aromatic N) is 2. The average Bonchev–Trinajstić information content (AvgIpc) is 2.91. The highest BCUT2D eigenvalue weighted by Gasteiger charge is 2.32. The van der Waals surface area contributed by atoms with Crippen molar-refractivity contribution in [3.8, 4) is 0 Å². The monoisotopic (exact) mass is 603 g/mol. The van der Waals surface area contributed by atoms with E-state index in [1.807, 2.05) is 51.1 Å². The number of aryl methyl sites for hydroxylation is 1. The van der Waals surface area contributed by atoms with Crippen LogP contribution in [0.5, 0.6) is 0 Å². The van der Waals surface area contributed by atoms with Gasteiger partial charge in [0.1, 0.15) is 12.6 Å². The Morgan fingerprint density at radius 3 is 2.10 bits per heavy atom. The van der Waals surface area contributed by atoms with Crippen LogP contribution in [0.1, 0.15) is 38.3 Å². The number of benzene rings is 3. The van der Waals surface area contributed by atoms with E-state index < -0.39 is 28.5 Å². The molecular weight excluding hydrogens is 569 g/mol. The van der Waals surface area contributed by atoms with Crippen LogP contribution in [0.25, 0.3) is 0 Å². The molecule has 0 aromatic heterocycles. The van der Waals surface area contributed by atoms with Gasteiger partial charge >= 0.3 is 0 Å². The number of sulfonamides is 1. The van der Waals surface area contributed by atoms with Gasteiger partial charge in [-0.15, -0.1) is 0 Å². The molecule has 0 heterocycles. The van der Waals surface area contributed by atoms with Gasteiger partial charge in [-0.25, -0.2) is 8.42 Å². The molecule has 214 valence electrons. The molecule has 0 aliphatic rings. The lowest BCUT2D eigenvalue weighted by Crippen LogP contribution is -2.53. The maximum absolute atomic E-state index is 13.9. The van der Waals surface area contributed by atoms with Gasteiger partial charge in [0, 0.05) is 22.6 Å². The Bertz CT molecular complexity index is 1400. The lowest BCUT2D eigenvalue weighted by Gasteiger charge is -2.32. The highest BCUT2D eigenvalue weighted by atomic mass is 35.5. The standard InChI is InChI=1S/C30H35Cl2N3O4S/c1-5-22(3)33-30(37)23(4)34(16-15-24-9-7-6-8-10-24)29(36)20-35(27-18-25(31)17-26(32)19-27)40(38,39)28-13-11-21(2)12-14-28/h6-14,17-19,22-23H,5,15-16,20H2,1-4H3,(H,33,37)/t22-,23-/m0/s1. The number of carbonyl (C=O) groups excluding carboxylic acids is 2. The number of carbonyl (C=O) groups is 2. The lowest BCUT2D eigenvalue weighted by molar-refractivity contribution is -0.139. The minimum absolute atomic E-state index is 0.0143. The first kappa shape index (κ1) is 31.5. The second kappa shape index (κ2) is 14.0. The Labute approximate surface area is 247 Å². The van der Waals surface area contributed by atoms with Crippen molar-refractivity contribution in [2.24, 2.45) is 0 Å². The Hall–Kier alpha value is -3.07. The first-order chi connectivity index (χ1) is 18.9. The fraction of sp³-hybridized carbons (Fsp3) is 0.333. The number of amides is 2. The molecule has 0 aliphatic carbocycles. The van der Waals surface area contributed by atoms with Gasteiger partial charge in [0.25, 0.3) is 10.0 Å². The second-order valence-electron chi connectivity index (χ2n) is 9.77. The van der Waals surface area contributed by atoms with Gasteiger partial charge < -0.3 is 10.2 Å². The molecule has 0 fully saturated rings. The summed E-state index contributed by atoms with van der Waals surface area (Å²) in [5.74, 6) is -0.843. The molecule has 2 atom stereocenters. The topological polar surface area (TPSA) is 86.8 Å². The van der Waals surface area contributed by atoms with Crippen molar-refractivity contribution in [2.75, 3.05) is 17.4 Å². The molecule has 3 aromatic rings. The zero-order valence-electron chi connectivity index (χ0n) is 23.1. The average molecular weight is 605 g/mol. The Morgan fingerprint density at radius 1 is 0.925 bits per heavy atom. The predicted octanol–water partition coefficient (Wildman–Crippen LogP) is 5.87. The SMILES string of the molecule is CC[C@H](C)NC(=O)[C@H](C)N(CCc1ccccc1)C(=O)CN(c1cc(Cl)cc(Cl)c1)S(=O)(=O)c1ccc(C)cc1. The molecule has 0 saturated carbocycles. The minimum atomic E-state index is -4.20. The van der Waals surface area contributed by atoms with Crippen LogP contribution in [-0.2, 0) is 26.0 Å². The molecule has 2 amide bonds. The van der Waals surface area contributed by atoms with E-state index in [2.05, 4.69) is 5.32 Å². The van der Waals surface area contributed by atoms with E-state index in [0.717, 1.165) is 21.9 Å². The van der Waals surface area contributed by atoms with Crippen LogP contribution in [0.3, 0.4) is 0 Å². The van der Waals surface area contributed by atoms with Gasteiger partial charge in [-0.05, 0) is 69.5 Å². The number of anilines is 1. The van der Waals surface area contributed by atoms with Crippen molar-refractivity contribution in [1.82, 2.24) is 10.2 Å².